The quantitative estimate of drug-likeness (QED) is 0.786. The van der Waals surface area contributed by atoms with Crippen LogP contribution in [-0.4, -0.2) is 23.3 Å². The van der Waals surface area contributed by atoms with Gasteiger partial charge >= 0.3 is 5.97 Å². The van der Waals surface area contributed by atoms with Gasteiger partial charge in [0.2, 0.25) is 0 Å². The Balaban J connectivity index is 3.05. The highest BCUT2D eigenvalue weighted by atomic mass is 16.5. The molecule has 2 atom stereocenters. The van der Waals surface area contributed by atoms with E-state index >= 15 is 0 Å². The van der Waals surface area contributed by atoms with Crippen molar-refractivity contribution < 1.29 is 19.7 Å². The molecular weight excluding hydrogens is 256 g/mol. The molecule has 0 aliphatic carbocycles. The molecule has 112 valence electrons. The Morgan fingerprint density at radius 3 is 2.30 bits per heavy atom. The first-order chi connectivity index (χ1) is 9.42. The standard InChI is InChI=1S/C16H24O4/c1-5-6-7-13(16(19)20-4)15(18)12-8-10(2)14(17)11(3)9-12/h8-9,13,15,17-18H,5-7H2,1-4H3. The van der Waals surface area contributed by atoms with Crippen molar-refractivity contribution >= 4 is 5.97 Å². The largest absolute Gasteiger partial charge is 0.507 e. The number of unbranched alkanes of at least 4 members (excludes halogenated alkanes) is 1. The van der Waals surface area contributed by atoms with Gasteiger partial charge in [-0.05, 0) is 49.1 Å². The minimum atomic E-state index is -0.910. The van der Waals surface area contributed by atoms with Crippen LogP contribution in [-0.2, 0) is 9.53 Å². The first-order valence-electron chi connectivity index (χ1n) is 6.98. The van der Waals surface area contributed by atoms with E-state index in [9.17, 15) is 15.0 Å². The van der Waals surface area contributed by atoms with Crippen LogP contribution in [0.4, 0.5) is 0 Å². The molecule has 0 radical (unpaired) electrons. The number of ether oxygens (including phenoxy) is 1. The van der Waals surface area contributed by atoms with Crippen molar-refractivity contribution in [3.8, 4) is 5.75 Å². The lowest BCUT2D eigenvalue weighted by atomic mass is 9.89. The number of aliphatic hydroxyl groups excluding tert-OH is 1. The molecule has 0 saturated carbocycles. The highest BCUT2D eigenvalue weighted by Gasteiger charge is 2.29. The maximum atomic E-state index is 11.8. The summed E-state index contributed by atoms with van der Waals surface area (Å²) in [4.78, 5) is 11.8. The molecule has 0 bridgehead atoms. The highest BCUT2D eigenvalue weighted by Crippen LogP contribution is 2.32. The van der Waals surface area contributed by atoms with Gasteiger partial charge in [-0.25, -0.2) is 0 Å². The van der Waals surface area contributed by atoms with Crippen LogP contribution in [0.1, 0.15) is 49.0 Å². The van der Waals surface area contributed by atoms with Crippen LogP contribution in [0.2, 0.25) is 0 Å². The molecule has 0 heterocycles. The van der Waals surface area contributed by atoms with Crippen LogP contribution in [0.5, 0.6) is 5.75 Å². The topological polar surface area (TPSA) is 66.8 Å². The summed E-state index contributed by atoms with van der Waals surface area (Å²) in [7, 11) is 1.33. The van der Waals surface area contributed by atoms with E-state index in [1.54, 1.807) is 26.0 Å². The van der Waals surface area contributed by atoms with Crippen LogP contribution in [0.3, 0.4) is 0 Å². The molecule has 0 aliphatic rings. The Labute approximate surface area is 120 Å². The Bertz CT molecular complexity index is 445. The lowest BCUT2D eigenvalue weighted by Gasteiger charge is -2.22. The first-order valence-corrected chi connectivity index (χ1v) is 6.98. The molecule has 1 aromatic rings. The third kappa shape index (κ3) is 3.73. The predicted molar refractivity (Wildman–Crippen MR) is 77.6 cm³/mol. The van der Waals surface area contributed by atoms with Gasteiger partial charge in [-0.1, -0.05) is 19.8 Å². The zero-order valence-corrected chi connectivity index (χ0v) is 12.6. The van der Waals surface area contributed by atoms with Gasteiger partial charge in [0, 0.05) is 0 Å². The van der Waals surface area contributed by atoms with Crippen LogP contribution in [0, 0.1) is 19.8 Å². The van der Waals surface area contributed by atoms with Gasteiger partial charge < -0.3 is 14.9 Å². The van der Waals surface area contributed by atoms with Crippen molar-refractivity contribution in [2.75, 3.05) is 7.11 Å². The molecule has 4 nitrogen and oxygen atoms in total. The van der Waals surface area contributed by atoms with E-state index in [-0.39, 0.29) is 5.75 Å². The Kier molecular flexibility index (Phi) is 6.02. The molecule has 0 spiro atoms. The van der Waals surface area contributed by atoms with Crippen molar-refractivity contribution in [2.24, 2.45) is 5.92 Å². The van der Waals surface area contributed by atoms with E-state index in [1.807, 2.05) is 6.92 Å². The monoisotopic (exact) mass is 280 g/mol. The number of aryl methyl sites for hydroxylation is 2. The fraction of sp³-hybridized carbons (Fsp3) is 0.562. The van der Waals surface area contributed by atoms with Gasteiger partial charge in [0.15, 0.2) is 0 Å². The summed E-state index contributed by atoms with van der Waals surface area (Å²) in [6, 6.07) is 3.43. The average molecular weight is 280 g/mol. The number of hydrogen-bond acceptors (Lipinski definition) is 4. The minimum absolute atomic E-state index is 0.226. The van der Waals surface area contributed by atoms with Crippen molar-refractivity contribution in [3.05, 3.63) is 28.8 Å². The van der Waals surface area contributed by atoms with Crippen molar-refractivity contribution in [3.63, 3.8) is 0 Å². The summed E-state index contributed by atoms with van der Waals surface area (Å²) in [5.41, 5.74) is 2.03. The number of carbonyl (C=O) groups is 1. The van der Waals surface area contributed by atoms with Gasteiger partial charge in [0.25, 0.3) is 0 Å². The van der Waals surface area contributed by atoms with E-state index in [4.69, 9.17) is 4.74 Å². The summed E-state index contributed by atoms with van der Waals surface area (Å²) in [6.07, 6.45) is 1.48. The zero-order chi connectivity index (χ0) is 15.3. The minimum Gasteiger partial charge on any atom is -0.507 e. The highest BCUT2D eigenvalue weighted by molar-refractivity contribution is 5.73. The van der Waals surface area contributed by atoms with Crippen molar-refractivity contribution in [1.29, 1.82) is 0 Å². The van der Waals surface area contributed by atoms with Crippen LogP contribution < -0.4 is 0 Å². The second-order valence-corrected chi connectivity index (χ2v) is 5.22. The van der Waals surface area contributed by atoms with Gasteiger partial charge in [0.1, 0.15) is 5.75 Å². The van der Waals surface area contributed by atoms with Crippen LogP contribution >= 0.6 is 0 Å². The molecule has 0 aliphatic heterocycles. The van der Waals surface area contributed by atoms with Gasteiger partial charge in [-0.15, -0.1) is 0 Å². The van der Waals surface area contributed by atoms with Gasteiger partial charge in [-0.3, -0.25) is 4.79 Å². The molecule has 20 heavy (non-hydrogen) atoms. The molecule has 0 fully saturated rings. The zero-order valence-electron chi connectivity index (χ0n) is 12.6. The fourth-order valence-electron chi connectivity index (χ4n) is 2.37. The Morgan fingerprint density at radius 2 is 1.85 bits per heavy atom. The number of esters is 1. The molecule has 4 heteroatoms. The summed E-state index contributed by atoms with van der Waals surface area (Å²) >= 11 is 0. The average Bonchev–Trinajstić information content (AvgIpc) is 2.43. The van der Waals surface area contributed by atoms with Crippen LogP contribution in [0.15, 0.2) is 12.1 Å². The van der Waals surface area contributed by atoms with Crippen molar-refractivity contribution in [1.82, 2.24) is 0 Å². The molecule has 0 saturated heterocycles. The number of benzene rings is 1. The van der Waals surface area contributed by atoms with Crippen LogP contribution in [0.25, 0.3) is 0 Å². The molecule has 2 N–H and O–H groups in total. The maximum Gasteiger partial charge on any atom is 0.311 e. The van der Waals surface area contributed by atoms with Gasteiger partial charge in [-0.2, -0.15) is 0 Å². The molecule has 1 rings (SSSR count). The lowest BCUT2D eigenvalue weighted by Crippen LogP contribution is -2.24. The second-order valence-electron chi connectivity index (χ2n) is 5.22. The van der Waals surface area contributed by atoms with E-state index in [1.165, 1.54) is 7.11 Å². The Hall–Kier alpha value is -1.55. The normalized spacial score (nSPS) is 13.8. The first kappa shape index (κ1) is 16.5. The van der Waals surface area contributed by atoms with E-state index in [2.05, 4.69) is 0 Å². The Morgan fingerprint density at radius 1 is 1.30 bits per heavy atom. The molecule has 1 aromatic carbocycles. The molecule has 0 aromatic heterocycles. The summed E-state index contributed by atoms with van der Waals surface area (Å²) in [5, 5.41) is 20.2. The lowest BCUT2D eigenvalue weighted by molar-refractivity contribution is -0.150. The van der Waals surface area contributed by atoms with E-state index in [0.717, 1.165) is 12.8 Å². The summed E-state index contributed by atoms with van der Waals surface area (Å²) < 4.78 is 4.79. The molecule has 2 unspecified atom stereocenters. The third-order valence-electron chi connectivity index (χ3n) is 3.61. The molecular formula is C16H24O4. The smallest absolute Gasteiger partial charge is 0.311 e. The summed E-state index contributed by atoms with van der Waals surface area (Å²) in [6.45, 7) is 5.59. The van der Waals surface area contributed by atoms with E-state index < -0.39 is 18.0 Å². The number of phenolic OH excluding ortho intramolecular Hbond substituents is 1. The molecule has 0 amide bonds. The number of phenols is 1. The second kappa shape index (κ2) is 7.29. The van der Waals surface area contributed by atoms with Gasteiger partial charge in [0.05, 0.1) is 19.1 Å². The number of aromatic hydroxyl groups is 1. The number of methoxy groups -OCH3 is 1. The van der Waals surface area contributed by atoms with Crippen molar-refractivity contribution in [2.45, 2.75) is 46.1 Å². The number of rotatable bonds is 6. The predicted octanol–water partition coefficient (Wildman–Crippen LogP) is 3.02. The summed E-state index contributed by atoms with van der Waals surface area (Å²) in [5.74, 6) is -0.734. The fourth-order valence-corrected chi connectivity index (χ4v) is 2.37. The number of hydrogen-bond donors (Lipinski definition) is 2. The van der Waals surface area contributed by atoms with E-state index in [0.29, 0.717) is 23.1 Å². The number of carbonyl (C=O) groups excluding carboxylic acids is 1. The maximum absolute atomic E-state index is 11.8. The third-order valence-corrected chi connectivity index (χ3v) is 3.61. The number of aliphatic hydroxyl groups is 1. The SMILES string of the molecule is CCCCC(C(=O)OC)C(O)c1cc(C)c(O)c(C)c1.